The van der Waals surface area contributed by atoms with E-state index in [1.165, 1.54) is 31.6 Å². The Morgan fingerprint density at radius 1 is 1.12 bits per heavy atom. The van der Waals surface area contributed by atoms with Crippen LogP contribution in [0.5, 0.6) is 0 Å². The summed E-state index contributed by atoms with van der Waals surface area (Å²) < 4.78 is 9.59. The molecule has 0 aliphatic heterocycles. The molecule has 0 aliphatic carbocycles. The number of ketones is 1. The maximum Gasteiger partial charge on any atom is 0.373 e. The fourth-order valence-corrected chi connectivity index (χ4v) is 1.32. The molecule has 2 rings (SSSR count). The molecule has 0 saturated carbocycles. The van der Waals surface area contributed by atoms with Crippen molar-refractivity contribution in [3.63, 3.8) is 0 Å². The Morgan fingerprint density at radius 2 is 1.76 bits per heavy atom. The number of esters is 1. The van der Waals surface area contributed by atoms with Gasteiger partial charge in [0.25, 0.3) is 0 Å². The van der Waals surface area contributed by atoms with E-state index >= 15 is 0 Å². The molecule has 0 radical (unpaired) electrons. The van der Waals surface area contributed by atoms with Crippen LogP contribution >= 0.6 is 0 Å². The molecule has 2 aromatic heterocycles. The molecule has 0 unspecified atom stereocenters. The zero-order valence-corrected chi connectivity index (χ0v) is 9.04. The topological polar surface area (TPSA) is 69.4 Å². The van der Waals surface area contributed by atoms with Crippen LogP contribution in [0.2, 0.25) is 0 Å². The van der Waals surface area contributed by atoms with Crippen molar-refractivity contribution in [1.29, 1.82) is 0 Å². The standard InChI is InChI=1S/C12H9NO4/c1-16-12(15)10-3-2-9(17-10)11(14)8-4-6-13-7-5-8/h2-7H,1H3. The highest BCUT2D eigenvalue weighted by molar-refractivity contribution is 6.07. The lowest BCUT2D eigenvalue weighted by atomic mass is 10.1. The molecular formula is C12H9NO4. The van der Waals surface area contributed by atoms with Crippen molar-refractivity contribution in [1.82, 2.24) is 4.98 Å². The summed E-state index contributed by atoms with van der Waals surface area (Å²) in [7, 11) is 1.25. The van der Waals surface area contributed by atoms with Gasteiger partial charge in [-0.1, -0.05) is 0 Å². The summed E-state index contributed by atoms with van der Waals surface area (Å²) in [6.07, 6.45) is 3.02. The molecule has 5 nitrogen and oxygen atoms in total. The summed E-state index contributed by atoms with van der Waals surface area (Å²) >= 11 is 0. The van der Waals surface area contributed by atoms with E-state index < -0.39 is 5.97 Å². The number of aromatic nitrogens is 1. The number of ether oxygens (including phenoxy) is 1. The third-order valence-corrected chi connectivity index (χ3v) is 2.16. The van der Waals surface area contributed by atoms with Crippen molar-refractivity contribution in [3.05, 3.63) is 53.7 Å². The minimum Gasteiger partial charge on any atom is -0.463 e. The van der Waals surface area contributed by atoms with Crippen LogP contribution < -0.4 is 0 Å². The van der Waals surface area contributed by atoms with Gasteiger partial charge in [0.15, 0.2) is 5.76 Å². The van der Waals surface area contributed by atoms with Crippen molar-refractivity contribution >= 4 is 11.8 Å². The first kappa shape index (κ1) is 11.1. The highest BCUT2D eigenvalue weighted by Crippen LogP contribution is 2.13. The van der Waals surface area contributed by atoms with Crippen LogP contribution in [0.4, 0.5) is 0 Å². The highest BCUT2D eigenvalue weighted by atomic mass is 16.5. The van der Waals surface area contributed by atoms with E-state index in [1.807, 2.05) is 0 Å². The van der Waals surface area contributed by atoms with Crippen LogP contribution in [0.25, 0.3) is 0 Å². The zero-order valence-electron chi connectivity index (χ0n) is 9.04. The lowest BCUT2D eigenvalue weighted by Gasteiger charge is -1.96. The van der Waals surface area contributed by atoms with Crippen LogP contribution in [-0.2, 0) is 4.74 Å². The van der Waals surface area contributed by atoms with Gasteiger partial charge in [-0.3, -0.25) is 9.78 Å². The van der Waals surface area contributed by atoms with E-state index in [-0.39, 0.29) is 17.3 Å². The Kier molecular flexibility index (Phi) is 3.00. The molecular weight excluding hydrogens is 222 g/mol. The van der Waals surface area contributed by atoms with Crippen molar-refractivity contribution in [2.75, 3.05) is 7.11 Å². The molecule has 0 fully saturated rings. The second-order valence-electron chi connectivity index (χ2n) is 3.22. The molecule has 2 heterocycles. The highest BCUT2D eigenvalue weighted by Gasteiger charge is 2.17. The maximum atomic E-state index is 11.9. The molecule has 2 aromatic rings. The summed E-state index contributed by atoms with van der Waals surface area (Å²) in [5, 5.41) is 0. The lowest BCUT2D eigenvalue weighted by molar-refractivity contribution is 0.0563. The SMILES string of the molecule is COC(=O)c1ccc(C(=O)c2ccncc2)o1. The van der Waals surface area contributed by atoms with Crippen LogP contribution in [0, 0.1) is 0 Å². The number of carbonyl (C=O) groups is 2. The number of rotatable bonds is 3. The van der Waals surface area contributed by atoms with Gasteiger partial charge < -0.3 is 9.15 Å². The van der Waals surface area contributed by atoms with Crippen LogP contribution in [0.15, 0.2) is 41.1 Å². The molecule has 5 heteroatoms. The Labute approximate surface area is 97.0 Å². The van der Waals surface area contributed by atoms with E-state index in [0.717, 1.165) is 0 Å². The Balaban J connectivity index is 2.27. The molecule has 0 atom stereocenters. The van der Waals surface area contributed by atoms with Crippen LogP contribution in [-0.4, -0.2) is 23.8 Å². The second-order valence-corrected chi connectivity index (χ2v) is 3.22. The molecule has 0 aliphatic rings. The number of hydrogen-bond donors (Lipinski definition) is 0. The van der Waals surface area contributed by atoms with Crippen molar-refractivity contribution < 1.29 is 18.7 Å². The summed E-state index contributed by atoms with van der Waals surface area (Å²) in [5.41, 5.74) is 0.450. The largest absolute Gasteiger partial charge is 0.463 e. The van der Waals surface area contributed by atoms with Gasteiger partial charge in [-0.25, -0.2) is 4.79 Å². The Bertz CT molecular complexity index is 545. The van der Waals surface area contributed by atoms with Crippen molar-refractivity contribution in [3.8, 4) is 0 Å². The third kappa shape index (κ3) is 2.23. The van der Waals surface area contributed by atoms with Crippen molar-refractivity contribution in [2.45, 2.75) is 0 Å². The number of methoxy groups -OCH3 is 1. The first-order valence-electron chi connectivity index (χ1n) is 4.85. The second kappa shape index (κ2) is 4.61. The van der Waals surface area contributed by atoms with E-state index in [0.29, 0.717) is 5.56 Å². The van der Waals surface area contributed by atoms with Gasteiger partial charge in [0, 0.05) is 18.0 Å². The Hall–Kier alpha value is -2.43. The molecule has 86 valence electrons. The number of hydrogen-bond acceptors (Lipinski definition) is 5. The fraction of sp³-hybridized carbons (Fsp3) is 0.0833. The third-order valence-electron chi connectivity index (χ3n) is 2.16. The lowest BCUT2D eigenvalue weighted by Crippen LogP contribution is -2.01. The van der Waals surface area contributed by atoms with Gasteiger partial charge in [0.05, 0.1) is 7.11 Å². The zero-order chi connectivity index (χ0) is 12.3. The van der Waals surface area contributed by atoms with Gasteiger partial charge in [-0.15, -0.1) is 0 Å². The van der Waals surface area contributed by atoms with Gasteiger partial charge >= 0.3 is 5.97 Å². The molecule has 0 spiro atoms. The number of carbonyl (C=O) groups excluding carboxylic acids is 2. The molecule has 0 saturated heterocycles. The predicted molar refractivity (Wildman–Crippen MR) is 57.7 cm³/mol. The van der Waals surface area contributed by atoms with Crippen LogP contribution in [0.1, 0.15) is 26.7 Å². The molecule has 0 amide bonds. The fourth-order valence-electron chi connectivity index (χ4n) is 1.32. The predicted octanol–water partition coefficient (Wildman–Crippen LogP) is 1.69. The van der Waals surface area contributed by atoms with E-state index in [1.54, 1.807) is 12.1 Å². The quantitative estimate of drug-likeness (QED) is 0.593. The molecule has 0 aromatic carbocycles. The van der Waals surface area contributed by atoms with E-state index in [4.69, 9.17) is 4.42 Å². The smallest absolute Gasteiger partial charge is 0.373 e. The van der Waals surface area contributed by atoms with Gasteiger partial charge in [0.2, 0.25) is 11.5 Å². The first-order chi connectivity index (χ1) is 8.22. The average Bonchev–Trinajstić information content (AvgIpc) is 2.87. The molecule has 0 bridgehead atoms. The van der Waals surface area contributed by atoms with Crippen LogP contribution in [0.3, 0.4) is 0 Å². The van der Waals surface area contributed by atoms with Gasteiger partial charge in [-0.2, -0.15) is 0 Å². The minimum absolute atomic E-state index is 0.00454. The van der Waals surface area contributed by atoms with Gasteiger partial charge in [0.1, 0.15) is 0 Å². The molecule has 0 N–H and O–H groups in total. The first-order valence-corrected chi connectivity index (χ1v) is 4.85. The maximum absolute atomic E-state index is 11.9. The minimum atomic E-state index is -0.612. The number of furan rings is 1. The van der Waals surface area contributed by atoms with E-state index in [9.17, 15) is 9.59 Å². The Morgan fingerprint density at radius 3 is 2.41 bits per heavy atom. The summed E-state index contributed by atoms with van der Waals surface area (Å²) in [4.78, 5) is 26.9. The monoisotopic (exact) mass is 231 g/mol. The normalized spacial score (nSPS) is 9.94. The molecule has 17 heavy (non-hydrogen) atoms. The summed E-state index contributed by atoms with van der Waals surface area (Å²) in [6.45, 7) is 0. The van der Waals surface area contributed by atoms with E-state index in [2.05, 4.69) is 9.72 Å². The van der Waals surface area contributed by atoms with Crippen molar-refractivity contribution in [2.24, 2.45) is 0 Å². The number of pyridine rings is 1. The average molecular weight is 231 g/mol. The summed E-state index contributed by atoms with van der Waals surface area (Å²) in [6, 6.07) is 5.99. The number of nitrogens with zero attached hydrogens (tertiary/aromatic N) is 1. The van der Waals surface area contributed by atoms with Gasteiger partial charge in [-0.05, 0) is 24.3 Å². The summed E-state index contributed by atoms with van der Waals surface area (Å²) in [5.74, 6) is -0.817.